The molecule has 118 valence electrons. The smallest absolute Gasteiger partial charge is 0.123 e. The van der Waals surface area contributed by atoms with Gasteiger partial charge < -0.3 is 14.8 Å². The summed E-state index contributed by atoms with van der Waals surface area (Å²) in [4.78, 5) is 0. The van der Waals surface area contributed by atoms with Crippen LogP contribution in [0.15, 0.2) is 18.2 Å². The second kappa shape index (κ2) is 7.81. The van der Waals surface area contributed by atoms with Crippen LogP contribution in [-0.2, 0) is 4.74 Å². The molecule has 0 amide bonds. The van der Waals surface area contributed by atoms with E-state index in [1.54, 1.807) is 7.11 Å². The zero-order valence-corrected chi connectivity index (χ0v) is 13.8. The van der Waals surface area contributed by atoms with Crippen LogP contribution in [-0.4, -0.2) is 26.9 Å². The van der Waals surface area contributed by atoms with Crippen molar-refractivity contribution in [3.8, 4) is 5.75 Å². The topological polar surface area (TPSA) is 30.5 Å². The highest BCUT2D eigenvalue weighted by Gasteiger charge is 2.24. The van der Waals surface area contributed by atoms with Crippen LogP contribution in [0.2, 0.25) is 0 Å². The van der Waals surface area contributed by atoms with Crippen LogP contribution in [0.1, 0.15) is 49.8 Å². The van der Waals surface area contributed by atoms with Crippen molar-refractivity contribution in [3.63, 3.8) is 0 Å². The van der Waals surface area contributed by atoms with Crippen LogP contribution in [0.4, 0.5) is 0 Å². The van der Waals surface area contributed by atoms with Gasteiger partial charge in [-0.05, 0) is 38.8 Å². The largest absolute Gasteiger partial charge is 0.496 e. The number of hydrogen-bond acceptors (Lipinski definition) is 3. The molecule has 1 fully saturated rings. The zero-order valence-electron chi connectivity index (χ0n) is 13.8. The SMILES string of the molecule is CNC(COC1CCCCC1C)c1cc(C)ccc1OC. The van der Waals surface area contributed by atoms with Crippen molar-refractivity contribution in [1.29, 1.82) is 0 Å². The quantitative estimate of drug-likeness (QED) is 0.863. The molecular weight excluding hydrogens is 262 g/mol. The summed E-state index contributed by atoms with van der Waals surface area (Å²) in [5.41, 5.74) is 2.43. The van der Waals surface area contributed by atoms with Crippen molar-refractivity contribution >= 4 is 0 Å². The summed E-state index contributed by atoms with van der Waals surface area (Å²) in [7, 11) is 3.71. The third-order valence-corrected chi connectivity index (χ3v) is 4.62. The predicted molar refractivity (Wildman–Crippen MR) is 86.9 cm³/mol. The molecule has 0 aliphatic heterocycles. The Hall–Kier alpha value is -1.06. The average Bonchev–Trinajstić information content (AvgIpc) is 2.50. The molecule has 3 heteroatoms. The van der Waals surface area contributed by atoms with Gasteiger partial charge in [-0.25, -0.2) is 0 Å². The Labute approximate surface area is 129 Å². The molecule has 3 atom stereocenters. The van der Waals surface area contributed by atoms with Gasteiger partial charge in [0.05, 0.1) is 25.9 Å². The maximum atomic E-state index is 6.22. The highest BCUT2D eigenvalue weighted by atomic mass is 16.5. The van der Waals surface area contributed by atoms with Gasteiger partial charge in [-0.15, -0.1) is 0 Å². The molecule has 1 saturated carbocycles. The van der Waals surface area contributed by atoms with Crippen LogP contribution in [0.25, 0.3) is 0 Å². The van der Waals surface area contributed by atoms with Crippen molar-refractivity contribution in [2.75, 3.05) is 20.8 Å². The van der Waals surface area contributed by atoms with Gasteiger partial charge in [-0.3, -0.25) is 0 Å². The third kappa shape index (κ3) is 4.21. The molecule has 1 aromatic rings. The molecule has 1 aromatic carbocycles. The molecule has 0 bridgehead atoms. The molecule has 0 heterocycles. The molecule has 21 heavy (non-hydrogen) atoms. The normalized spacial score (nSPS) is 23.8. The monoisotopic (exact) mass is 291 g/mol. The van der Waals surface area contributed by atoms with E-state index in [1.807, 2.05) is 13.1 Å². The van der Waals surface area contributed by atoms with Crippen LogP contribution in [0.5, 0.6) is 5.75 Å². The number of methoxy groups -OCH3 is 1. The van der Waals surface area contributed by atoms with Crippen molar-refractivity contribution in [1.82, 2.24) is 5.32 Å². The van der Waals surface area contributed by atoms with Gasteiger partial charge in [0, 0.05) is 5.56 Å². The summed E-state index contributed by atoms with van der Waals surface area (Å²) >= 11 is 0. The molecule has 3 nitrogen and oxygen atoms in total. The van der Waals surface area contributed by atoms with Crippen LogP contribution in [0.3, 0.4) is 0 Å². The fraction of sp³-hybridized carbons (Fsp3) is 0.667. The van der Waals surface area contributed by atoms with E-state index in [0.717, 1.165) is 5.75 Å². The lowest BCUT2D eigenvalue weighted by molar-refractivity contribution is -0.0147. The van der Waals surface area contributed by atoms with Gasteiger partial charge in [-0.1, -0.05) is 37.5 Å². The van der Waals surface area contributed by atoms with Gasteiger partial charge in [0.1, 0.15) is 5.75 Å². The van der Waals surface area contributed by atoms with Gasteiger partial charge in [0.2, 0.25) is 0 Å². The lowest BCUT2D eigenvalue weighted by Crippen LogP contribution is -2.30. The van der Waals surface area contributed by atoms with Gasteiger partial charge in [0.15, 0.2) is 0 Å². The van der Waals surface area contributed by atoms with Crippen molar-refractivity contribution in [3.05, 3.63) is 29.3 Å². The minimum Gasteiger partial charge on any atom is -0.496 e. The maximum Gasteiger partial charge on any atom is 0.123 e. The summed E-state index contributed by atoms with van der Waals surface area (Å²) < 4.78 is 11.7. The van der Waals surface area contributed by atoms with E-state index in [2.05, 4.69) is 31.3 Å². The fourth-order valence-corrected chi connectivity index (χ4v) is 3.20. The molecule has 2 rings (SSSR count). The minimum absolute atomic E-state index is 0.175. The number of benzene rings is 1. The Kier molecular flexibility index (Phi) is 6.07. The first-order valence-corrected chi connectivity index (χ1v) is 8.09. The first kappa shape index (κ1) is 16.3. The fourth-order valence-electron chi connectivity index (χ4n) is 3.20. The summed E-state index contributed by atoms with van der Waals surface area (Å²) in [5, 5.41) is 3.37. The number of likely N-dealkylation sites (N-methyl/N-ethyl adjacent to an activating group) is 1. The molecule has 0 spiro atoms. The highest BCUT2D eigenvalue weighted by molar-refractivity contribution is 5.39. The van der Waals surface area contributed by atoms with Gasteiger partial charge in [0.25, 0.3) is 0 Å². The lowest BCUT2D eigenvalue weighted by Gasteiger charge is -2.30. The van der Waals surface area contributed by atoms with E-state index >= 15 is 0 Å². The summed E-state index contributed by atoms with van der Waals surface area (Å²) in [6.45, 7) is 5.12. The second-order valence-corrected chi connectivity index (χ2v) is 6.22. The standard InChI is InChI=1S/C18H29NO2/c1-13-9-10-18(20-4)15(11-13)16(19-3)12-21-17-8-6-5-7-14(17)2/h9-11,14,16-17,19H,5-8,12H2,1-4H3. The van der Waals surface area contributed by atoms with Gasteiger partial charge >= 0.3 is 0 Å². The average molecular weight is 291 g/mol. The minimum atomic E-state index is 0.175. The Bertz CT molecular complexity index is 447. The molecule has 1 aliphatic carbocycles. The number of hydrogen-bond donors (Lipinski definition) is 1. The maximum absolute atomic E-state index is 6.22. The second-order valence-electron chi connectivity index (χ2n) is 6.22. The van der Waals surface area contributed by atoms with E-state index in [-0.39, 0.29) is 6.04 Å². The summed E-state index contributed by atoms with van der Waals surface area (Å²) in [5.74, 6) is 1.61. The Morgan fingerprint density at radius 2 is 2.05 bits per heavy atom. The first-order valence-electron chi connectivity index (χ1n) is 8.09. The first-order chi connectivity index (χ1) is 10.2. The van der Waals surface area contributed by atoms with E-state index in [4.69, 9.17) is 9.47 Å². The van der Waals surface area contributed by atoms with Crippen LogP contribution in [0, 0.1) is 12.8 Å². The van der Waals surface area contributed by atoms with E-state index < -0.39 is 0 Å². The number of aryl methyl sites for hydroxylation is 1. The number of ether oxygens (including phenoxy) is 2. The molecule has 1 aliphatic rings. The highest BCUT2D eigenvalue weighted by Crippen LogP contribution is 2.30. The lowest BCUT2D eigenvalue weighted by atomic mass is 9.88. The van der Waals surface area contributed by atoms with Crippen molar-refractivity contribution in [2.45, 2.75) is 51.7 Å². The molecule has 0 aromatic heterocycles. The molecule has 3 unspecified atom stereocenters. The Morgan fingerprint density at radius 1 is 1.29 bits per heavy atom. The molecule has 0 radical (unpaired) electrons. The van der Waals surface area contributed by atoms with E-state index in [0.29, 0.717) is 18.6 Å². The summed E-state index contributed by atoms with van der Waals surface area (Å²) in [6.07, 6.45) is 5.55. The van der Waals surface area contributed by atoms with E-state index in [1.165, 1.54) is 36.8 Å². The summed E-state index contributed by atoms with van der Waals surface area (Å²) in [6, 6.07) is 6.49. The third-order valence-electron chi connectivity index (χ3n) is 4.62. The molecule has 1 N–H and O–H groups in total. The van der Waals surface area contributed by atoms with Crippen molar-refractivity contribution in [2.24, 2.45) is 5.92 Å². The van der Waals surface area contributed by atoms with E-state index in [9.17, 15) is 0 Å². The molecule has 0 saturated heterocycles. The Balaban J connectivity index is 2.04. The van der Waals surface area contributed by atoms with Crippen molar-refractivity contribution < 1.29 is 9.47 Å². The Morgan fingerprint density at radius 3 is 2.71 bits per heavy atom. The molecular formula is C18H29NO2. The van der Waals surface area contributed by atoms with Crippen LogP contribution < -0.4 is 10.1 Å². The van der Waals surface area contributed by atoms with Gasteiger partial charge in [-0.2, -0.15) is 0 Å². The number of rotatable bonds is 6. The number of nitrogens with one attached hydrogen (secondary N) is 1. The predicted octanol–water partition coefficient (Wildman–Crippen LogP) is 3.86. The zero-order chi connectivity index (χ0) is 15.2. The van der Waals surface area contributed by atoms with Crippen LogP contribution >= 0.6 is 0 Å².